The second-order valence-electron chi connectivity index (χ2n) is 7.89. The third-order valence-electron chi connectivity index (χ3n) is 5.30. The molecule has 0 amide bonds. The number of hydrogen-bond acceptors (Lipinski definition) is 6. The average molecular weight is 706 g/mol. The molecule has 170 valence electrons. The van der Waals surface area contributed by atoms with Crippen LogP contribution in [0.2, 0.25) is 0 Å². The van der Waals surface area contributed by atoms with Gasteiger partial charge in [0.2, 0.25) is 0 Å². The third kappa shape index (κ3) is 7.04. The molecule has 0 aromatic rings. The minimum atomic E-state index is 0.375. The second-order valence-corrected chi connectivity index (χ2v) is 23.0. The Hall–Kier alpha value is 3.54. The summed E-state index contributed by atoms with van der Waals surface area (Å²) in [5.74, 6) is 0. The summed E-state index contributed by atoms with van der Waals surface area (Å²) >= 11 is 25.2. The summed E-state index contributed by atoms with van der Waals surface area (Å²) in [6.45, 7) is 2.36. The molecule has 0 aromatic carbocycles. The van der Waals surface area contributed by atoms with Crippen molar-refractivity contribution >= 4 is 118 Å². The summed E-state index contributed by atoms with van der Waals surface area (Å²) in [5, 5.41) is 3.44. The van der Waals surface area contributed by atoms with Gasteiger partial charge >= 0.3 is 0 Å². The molecule has 4 bridgehead atoms. The van der Waals surface area contributed by atoms with Gasteiger partial charge in [-0.3, -0.25) is 0 Å². The topological polar surface area (TPSA) is 0 Å². The number of hydrogen-bond donors (Lipinski definition) is 0. The molecular formula is C20H33Br3S6. The molecule has 9 heteroatoms. The van der Waals surface area contributed by atoms with Gasteiger partial charge < -0.3 is 0 Å². The van der Waals surface area contributed by atoms with E-state index in [0.717, 1.165) is 16.0 Å². The molecule has 4 aliphatic heterocycles. The van der Waals surface area contributed by atoms with E-state index in [4.69, 9.17) is 0 Å². The summed E-state index contributed by atoms with van der Waals surface area (Å²) in [7, 11) is 0. The predicted octanol–water partition coefficient (Wildman–Crippen LogP) is 10.9. The van der Waals surface area contributed by atoms with Crippen LogP contribution in [0.25, 0.3) is 0 Å². The van der Waals surface area contributed by atoms with Gasteiger partial charge in [0.1, 0.15) is 13.6 Å². The van der Waals surface area contributed by atoms with Crippen LogP contribution in [0.5, 0.6) is 0 Å². The molecule has 4 heterocycles. The predicted molar refractivity (Wildman–Crippen MR) is 159 cm³/mol. The standard InChI is InChI=1S/C20H33Br3S6/c1-2-3-10-17-24-18(11-4-7-14-21)27-19(25-17,12-5-8-15-22)29-20(26-17,28-18)13-6-9-16-23/h2-16H2,1H3. The summed E-state index contributed by atoms with van der Waals surface area (Å²) in [6.07, 6.45) is 16.2. The van der Waals surface area contributed by atoms with Crippen LogP contribution in [0.4, 0.5) is 0 Å². The number of unbranched alkanes of at least 4 members (excludes halogenated alkanes) is 4. The number of halogens is 3. The lowest BCUT2D eigenvalue weighted by molar-refractivity contribution is 0.689. The average Bonchev–Trinajstić information content (AvgIpc) is 2.66. The fourth-order valence-electron chi connectivity index (χ4n) is 3.99. The first-order chi connectivity index (χ1) is 14.0. The Balaban J connectivity index is 1.88. The Bertz CT molecular complexity index is 450. The normalized spacial score (nSPS) is 38.1. The van der Waals surface area contributed by atoms with Crippen molar-refractivity contribution in [2.75, 3.05) is 16.0 Å². The van der Waals surface area contributed by atoms with Gasteiger partial charge in [0.05, 0.1) is 0 Å². The van der Waals surface area contributed by atoms with Crippen LogP contribution in [0, 0.1) is 0 Å². The Morgan fingerprint density at radius 2 is 0.724 bits per heavy atom. The van der Waals surface area contributed by atoms with Crippen LogP contribution in [0.15, 0.2) is 0 Å². The molecule has 0 N–H and O–H groups in total. The van der Waals surface area contributed by atoms with E-state index in [1.807, 2.05) is 0 Å². The lowest BCUT2D eigenvalue weighted by Gasteiger charge is -2.67. The molecule has 0 nitrogen and oxygen atoms in total. The van der Waals surface area contributed by atoms with E-state index in [9.17, 15) is 0 Å². The molecule has 0 aliphatic carbocycles. The van der Waals surface area contributed by atoms with E-state index < -0.39 is 0 Å². The van der Waals surface area contributed by atoms with Gasteiger partial charge in [-0.05, 0) is 64.2 Å². The van der Waals surface area contributed by atoms with Crippen LogP contribution in [-0.2, 0) is 0 Å². The number of rotatable bonds is 15. The summed E-state index contributed by atoms with van der Waals surface area (Å²) < 4.78 is 1.51. The Kier molecular flexibility index (Phi) is 11.7. The van der Waals surface area contributed by atoms with Crippen LogP contribution in [0.1, 0.15) is 84.0 Å². The lowest BCUT2D eigenvalue weighted by atomic mass is 10.3. The molecule has 0 aromatic heterocycles. The maximum atomic E-state index is 3.67. The van der Waals surface area contributed by atoms with Gasteiger partial charge in [-0.25, -0.2) is 0 Å². The summed E-state index contributed by atoms with van der Waals surface area (Å²) in [5.41, 5.74) is 0. The first-order valence-corrected chi connectivity index (χ1v) is 19.1. The zero-order valence-electron chi connectivity index (χ0n) is 17.2. The second kappa shape index (κ2) is 12.5. The van der Waals surface area contributed by atoms with E-state index in [-0.39, 0.29) is 0 Å². The van der Waals surface area contributed by atoms with E-state index in [2.05, 4.69) is 125 Å². The molecular weight excluding hydrogens is 672 g/mol. The van der Waals surface area contributed by atoms with Crippen LogP contribution in [0.3, 0.4) is 0 Å². The van der Waals surface area contributed by atoms with Crippen molar-refractivity contribution in [3.8, 4) is 0 Å². The van der Waals surface area contributed by atoms with Gasteiger partial charge in [-0.1, -0.05) is 67.6 Å². The van der Waals surface area contributed by atoms with Crippen LogP contribution in [-0.4, -0.2) is 29.6 Å². The molecule has 4 aliphatic rings. The molecule has 4 fully saturated rings. The molecule has 4 rings (SSSR count). The maximum absolute atomic E-state index is 3.67. The molecule has 0 saturated carbocycles. The molecule has 0 radical (unpaired) electrons. The zero-order valence-corrected chi connectivity index (χ0v) is 26.8. The highest BCUT2D eigenvalue weighted by atomic mass is 79.9. The zero-order chi connectivity index (χ0) is 20.8. The van der Waals surface area contributed by atoms with Gasteiger partial charge in [0, 0.05) is 16.0 Å². The quantitative estimate of drug-likeness (QED) is 0.122. The monoisotopic (exact) mass is 702 g/mol. The highest BCUT2D eigenvalue weighted by Crippen LogP contribution is 2.91. The van der Waals surface area contributed by atoms with E-state index in [1.54, 1.807) is 0 Å². The van der Waals surface area contributed by atoms with Crippen molar-refractivity contribution < 1.29 is 0 Å². The van der Waals surface area contributed by atoms with Gasteiger partial charge in [0.15, 0.2) is 0 Å². The van der Waals surface area contributed by atoms with Crippen molar-refractivity contribution in [3.63, 3.8) is 0 Å². The van der Waals surface area contributed by atoms with Crippen molar-refractivity contribution in [1.29, 1.82) is 0 Å². The molecule has 29 heavy (non-hydrogen) atoms. The molecule has 4 saturated heterocycles. The fourth-order valence-corrected chi connectivity index (χ4v) is 27.0. The summed E-state index contributed by atoms with van der Waals surface area (Å²) in [4.78, 5) is 0. The third-order valence-corrected chi connectivity index (χ3v) is 19.2. The first-order valence-electron chi connectivity index (χ1n) is 10.9. The van der Waals surface area contributed by atoms with E-state index in [1.165, 1.54) is 77.0 Å². The fraction of sp³-hybridized carbons (Fsp3) is 1.00. The number of thioether (sulfide) groups is 6. The molecule has 0 unspecified atom stereocenters. The molecule has 0 atom stereocenters. The minimum Gasteiger partial charge on any atom is -0.104 e. The van der Waals surface area contributed by atoms with E-state index >= 15 is 0 Å². The van der Waals surface area contributed by atoms with Crippen LogP contribution >= 0.6 is 118 Å². The largest absolute Gasteiger partial charge is 0.113 e. The van der Waals surface area contributed by atoms with Gasteiger partial charge in [-0.15, -0.1) is 70.6 Å². The van der Waals surface area contributed by atoms with E-state index in [0.29, 0.717) is 13.6 Å². The smallest absolute Gasteiger partial charge is 0.104 e. The highest BCUT2D eigenvalue weighted by molar-refractivity contribution is 9.09. The van der Waals surface area contributed by atoms with Gasteiger partial charge in [-0.2, -0.15) is 0 Å². The first kappa shape index (κ1) is 27.1. The number of alkyl halides is 3. The van der Waals surface area contributed by atoms with Crippen LogP contribution < -0.4 is 0 Å². The minimum absolute atomic E-state index is 0.375. The van der Waals surface area contributed by atoms with Gasteiger partial charge in [0.25, 0.3) is 0 Å². The maximum Gasteiger partial charge on any atom is 0.113 e. The molecule has 0 spiro atoms. The van der Waals surface area contributed by atoms with Crippen molar-refractivity contribution in [1.82, 2.24) is 0 Å². The van der Waals surface area contributed by atoms with Crippen molar-refractivity contribution in [3.05, 3.63) is 0 Å². The van der Waals surface area contributed by atoms with Crippen molar-refractivity contribution in [2.45, 2.75) is 97.6 Å². The Labute approximate surface area is 229 Å². The SMILES string of the molecule is CCCCC12SC3(CCCCBr)SC(CCCCBr)(S1)SC(CCCCBr)(S2)S3. The summed E-state index contributed by atoms with van der Waals surface area (Å²) in [6, 6.07) is 0. The highest BCUT2D eigenvalue weighted by Gasteiger charge is 2.71. The van der Waals surface area contributed by atoms with Crippen molar-refractivity contribution in [2.24, 2.45) is 0 Å². The lowest BCUT2D eigenvalue weighted by Crippen LogP contribution is -2.54. The Morgan fingerprint density at radius 3 is 0.966 bits per heavy atom. The Morgan fingerprint density at radius 1 is 0.448 bits per heavy atom.